The van der Waals surface area contributed by atoms with Gasteiger partial charge in [0.1, 0.15) is 0 Å². The standard InChI is InChI=1S/C14H21N3OS/c1-9-13(19-10(2)16-9)7-14(18)17-11-3-4-12(17)8-15-6-5-11/h11-12,15H,3-8H2,1-2H3/t11-,12+/m0/s1. The molecule has 19 heavy (non-hydrogen) atoms. The van der Waals surface area contributed by atoms with Crippen LogP contribution >= 0.6 is 11.3 Å². The lowest BCUT2D eigenvalue weighted by Crippen LogP contribution is -2.43. The van der Waals surface area contributed by atoms with E-state index in [1.807, 2.05) is 13.8 Å². The Morgan fingerprint density at radius 2 is 2.16 bits per heavy atom. The van der Waals surface area contributed by atoms with Crippen molar-refractivity contribution >= 4 is 17.2 Å². The Morgan fingerprint density at radius 1 is 1.37 bits per heavy atom. The molecule has 3 heterocycles. The quantitative estimate of drug-likeness (QED) is 0.895. The van der Waals surface area contributed by atoms with Gasteiger partial charge in [-0.3, -0.25) is 4.79 Å². The van der Waals surface area contributed by atoms with Crippen molar-refractivity contribution in [1.82, 2.24) is 15.2 Å². The van der Waals surface area contributed by atoms with Crippen molar-refractivity contribution < 1.29 is 4.79 Å². The van der Waals surface area contributed by atoms with Crippen LogP contribution in [-0.4, -0.2) is 41.0 Å². The Hall–Kier alpha value is -0.940. The molecule has 2 aliphatic heterocycles. The van der Waals surface area contributed by atoms with Crippen LogP contribution in [0.15, 0.2) is 0 Å². The minimum atomic E-state index is 0.294. The number of amides is 1. The maximum absolute atomic E-state index is 12.6. The molecule has 2 bridgehead atoms. The highest BCUT2D eigenvalue weighted by molar-refractivity contribution is 7.11. The minimum absolute atomic E-state index is 0.294. The molecule has 2 aliphatic rings. The molecule has 0 unspecified atom stereocenters. The highest BCUT2D eigenvalue weighted by Crippen LogP contribution is 2.29. The highest BCUT2D eigenvalue weighted by Gasteiger charge is 2.37. The van der Waals surface area contributed by atoms with Crippen molar-refractivity contribution in [2.75, 3.05) is 13.1 Å². The van der Waals surface area contributed by atoms with E-state index >= 15 is 0 Å². The highest BCUT2D eigenvalue weighted by atomic mass is 32.1. The summed E-state index contributed by atoms with van der Waals surface area (Å²) >= 11 is 1.66. The number of aromatic nitrogens is 1. The molecule has 0 radical (unpaired) electrons. The van der Waals surface area contributed by atoms with E-state index in [2.05, 4.69) is 15.2 Å². The summed E-state index contributed by atoms with van der Waals surface area (Å²) in [6.45, 7) is 6.02. The van der Waals surface area contributed by atoms with E-state index in [4.69, 9.17) is 0 Å². The van der Waals surface area contributed by atoms with Crippen LogP contribution < -0.4 is 5.32 Å². The van der Waals surface area contributed by atoms with Crippen LogP contribution in [0.3, 0.4) is 0 Å². The summed E-state index contributed by atoms with van der Waals surface area (Å²) in [5.41, 5.74) is 1.02. The molecule has 1 amide bonds. The second-order valence-electron chi connectivity index (χ2n) is 5.60. The average Bonchev–Trinajstić information content (AvgIpc) is 2.78. The molecule has 3 rings (SSSR count). The van der Waals surface area contributed by atoms with Gasteiger partial charge in [-0.1, -0.05) is 0 Å². The van der Waals surface area contributed by atoms with Crippen LogP contribution in [0.2, 0.25) is 0 Å². The summed E-state index contributed by atoms with van der Waals surface area (Å²) in [5.74, 6) is 0.294. The van der Waals surface area contributed by atoms with Gasteiger partial charge >= 0.3 is 0 Å². The molecule has 0 spiro atoms. The molecule has 1 aromatic heterocycles. The molecular formula is C14H21N3OS. The molecule has 2 fully saturated rings. The van der Waals surface area contributed by atoms with Crippen LogP contribution in [0.4, 0.5) is 0 Å². The van der Waals surface area contributed by atoms with Gasteiger partial charge in [-0.25, -0.2) is 4.98 Å². The zero-order valence-electron chi connectivity index (χ0n) is 11.6. The third-order valence-electron chi connectivity index (χ3n) is 4.25. The normalized spacial score (nSPS) is 26.5. The van der Waals surface area contributed by atoms with E-state index in [0.717, 1.165) is 41.5 Å². The topological polar surface area (TPSA) is 45.2 Å². The molecule has 104 valence electrons. The third kappa shape index (κ3) is 2.54. The van der Waals surface area contributed by atoms with Gasteiger partial charge in [0.05, 0.1) is 17.1 Å². The fraction of sp³-hybridized carbons (Fsp3) is 0.714. The number of hydrogen-bond acceptors (Lipinski definition) is 4. The lowest BCUT2D eigenvalue weighted by molar-refractivity contribution is -0.133. The zero-order valence-corrected chi connectivity index (χ0v) is 12.4. The van der Waals surface area contributed by atoms with Gasteiger partial charge in [0.2, 0.25) is 5.91 Å². The van der Waals surface area contributed by atoms with Crippen LogP contribution in [0, 0.1) is 13.8 Å². The summed E-state index contributed by atoms with van der Waals surface area (Å²) in [6.07, 6.45) is 3.97. The molecule has 2 saturated heterocycles. The molecule has 0 aliphatic carbocycles. The summed E-state index contributed by atoms with van der Waals surface area (Å²) < 4.78 is 0. The number of carbonyl (C=O) groups is 1. The van der Waals surface area contributed by atoms with Gasteiger partial charge in [-0.05, 0) is 39.7 Å². The van der Waals surface area contributed by atoms with Crippen molar-refractivity contribution in [3.63, 3.8) is 0 Å². The van der Waals surface area contributed by atoms with Crippen LogP contribution in [0.1, 0.15) is 34.8 Å². The van der Waals surface area contributed by atoms with Crippen LogP contribution in [-0.2, 0) is 11.2 Å². The maximum atomic E-state index is 12.6. The Kier molecular flexibility index (Phi) is 3.58. The Morgan fingerprint density at radius 3 is 2.89 bits per heavy atom. The third-order valence-corrected chi connectivity index (χ3v) is 5.33. The van der Waals surface area contributed by atoms with E-state index in [1.165, 1.54) is 6.42 Å². The summed E-state index contributed by atoms with van der Waals surface area (Å²) in [5, 5.41) is 4.50. The van der Waals surface area contributed by atoms with Crippen molar-refractivity contribution in [2.45, 2.75) is 51.6 Å². The van der Waals surface area contributed by atoms with Gasteiger partial charge < -0.3 is 10.2 Å². The monoisotopic (exact) mass is 279 g/mol. The van der Waals surface area contributed by atoms with Crippen molar-refractivity contribution in [1.29, 1.82) is 0 Å². The van der Waals surface area contributed by atoms with Crippen molar-refractivity contribution in [3.8, 4) is 0 Å². The fourth-order valence-corrected chi connectivity index (χ4v) is 4.28. The van der Waals surface area contributed by atoms with Gasteiger partial charge in [-0.2, -0.15) is 0 Å². The first-order valence-corrected chi connectivity index (χ1v) is 7.91. The second kappa shape index (κ2) is 5.21. The summed E-state index contributed by atoms with van der Waals surface area (Å²) in [4.78, 5) is 20.3. The number of rotatable bonds is 2. The second-order valence-corrected chi connectivity index (χ2v) is 6.88. The molecule has 4 nitrogen and oxygen atoms in total. The number of hydrogen-bond donors (Lipinski definition) is 1. The van der Waals surface area contributed by atoms with Gasteiger partial charge in [0.25, 0.3) is 0 Å². The Labute approximate surface area is 118 Å². The first kappa shape index (κ1) is 13.1. The minimum Gasteiger partial charge on any atom is -0.335 e. The van der Waals surface area contributed by atoms with Crippen LogP contribution in [0.25, 0.3) is 0 Å². The van der Waals surface area contributed by atoms with Gasteiger partial charge in [0, 0.05) is 23.5 Å². The SMILES string of the molecule is Cc1nc(C)c(CC(=O)N2[C@@H]3CCNC[C@H]2CC3)s1. The fourth-order valence-electron chi connectivity index (χ4n) is 3.36. The molecule has 2 atom stereocenters. The summed E-state index contributed by atoms with van der Waals surface area (Å²) in [6, 6.07) is 0.871. The number of fused-ring (bicyclic) bond motifs is 2. The van der Waals surface area contributed by atoms with Gasteiger partial charge in [0.15, 0.2) is 0 Å². The number of nitrogens with zero attached hydrogens (tertiary/aromatic N) is 2. The average molecular weight is 279 g/mol. The summed E-state index contributed by atoms with van der Waals surface area (Å²) in [7, 11) is 0. The first-order valence-electron chi connectivity index (χ1n) is 7.10. The zero-order chi connectivity index (χ0) is 13.4. The van der Waals surface area contributed by atoms with Gasteiger partial charge in [-0.15, -0.1) is 11.3 Å². The maximum Gasteiger partial charge on any atom is 0.228 e. The predicted octanol–water partition coefficient (Wildman–Crippen LogP) is 1.66. The van der Waals surface area contributed by atoms with E-state index in [-0.39, 0.29) is 0 Å². The molecule has 1 N–H and O–H groups in total. The Bertz CT molecular complexity index is 471. The number of aryl methyl sites for hydroxylation is 2. The number of thiazole rings is 1. The van der Waals surface area contributed by atoms with E-state index in [1.54, 1.807) is 11.3 Å². The first-order chi connectivity index (χ1) is 9.15. The molecule has 1 aromatic rings. The number of carbonyl (C=O) groups excluding carboxylic acids is 1. The lowest BCUT2D eigenvalue weighted by atomic mass is 10.1. The molecule has 0 saturated carbocycles. The molecule has 5 heteroatoms. The number of nitrogens with one attached hydrogen (secondary N) is 1. The van der Waals surface area contributed by atoms with E-state index in [0.29, 0.717) is 24.4 Å². The molecule has 0 aromatic carbocycles. The van der Waals surface area contributed by atoms with Crippen molar-refractivity contribution in [3.05, 3.63) is 15.6 Å². The Balaban J connectivity index is 1.75. The molecular weight excluding hydrogens is 258 g/mol. The van der Waals surface area contributed by atoms with Crippen molar-refractivity contribution in [2.24, 2.45) is 0 Å². The lowest BCUT2D eigenvalue weighted by Gasteiger charge is -2.27. The van der Waals surface area contributed by atoms with E-state index in [9.17, 15) is 4.79 Å². The smallest absolute Gasteiger partial charge is 0.228 e. The van der Waals surface area contributed by atoms with E-state index < -0.39 is 0 Å². The largest absolute Gasteiger partial charge is 0.335 e. The predicted molar refractivity (Wildman–Crippen MR) is 76.4 cm³/mol. The van der Waals surface area contributed by atoms with Crippen LogP contribution in [0.5, 0.6) is 0 Å².